The lowest BCUT2D eigenvalue weighted by Crippen LogP contribution is -2.45. The molecule has 2 saturated heterocycles. The molecular formula is C16H20FN3. The fraction of sp³-hybridized carbons (Fsp3) is 0.562. The molecule has 1 N–H and O–H groups in total. The lowest BCUT2D eigenvalue weighted by molar-refractivity contribution is 0.166. The smallest absolute Gasteiger partial charge is 0.127 e. The van der Waals surface area contributed by atoms with Crippen LogP contribution in [0.2, 0.25) is 0 Å². The van der Waals surface area contributed by atoms with Gasteiger partial charge < -0.3 is 10.2 Å². The molecule has 3 rings (SSSR count). The van der Waals surface area contributed by atoms with Crippen LogP contribution >= 0.6 is 0 Å². The summed E-state index contributed by atoms with van der Waals surface area (Å²) in [4.78, 5) is 2.58. The molecule has 20 heavy (non-hydrogen) atoms. The Bertz CT molecular complexity index is 523. The van der Waals surface area contributed by atoms with Crippen LogP contribution in [0.4, 0.5) is 4.39 Å². The third kappa shape index (κ3) is 2.84. The van der Waals surface area contributed by atoms with Crippen LogP contribution in [-0.2, 0) is 6.54 Å². The first-order chi connectivity index (χ1) is 9.76. The molecule has 106 valence electrons. The maximum absolute atomic E-state index is 13.7. The van der Waals surface area contributed by atoms with E-state index >= 15 is 0 Å². The molecule has 0 radical (unpaired) electrons. The second-order valence-corrected chi connectivity index (χ2v) is 5.85. The van der Waals surface area contributed by atoms with Gasteiger partial charge in [-0.25, -0.2) is 4.39 Å². The number of benzene rings is 1. The number of halogens is 1. The first-order valence-corrected chi connectivity index (χ1v) is 7.42. The zero-order valence-electron chi connectivity index (χ0n) is 11.6. The van der Waals surface area contributed by atoms with E-state index in [9.17, 15) is 4.39 Å². The number of rotatable bonds is 3. The Morgan fingerprint density at radius 2 is 2.25 bits per heavy atom. The van der Waals surface area contributed by atoms with Crippen molar-refractivity contribution in [2.45, 2.75) is 44.3 Å². The highest BCUT2D eigenvalue weighted by molar-refractivity contribution is 5.33. The van der Waals surface area contributed by atoms with Gasteiger partial charge in [0.2, 0.25) is 0 Å². The Labute approximate surface area is 119 Å². The normalized spacial score (nSPS) is 26.2. The lowest BCUT2D eigenvalue weighted by Gasteiger charge is -2.35. The average Bonchev–Trinajstić information content (AvgIpc) is 2.94. The number of nitrogens with zero attached hydrogens (tertiary/aromatic N) is 2. The van der Waals surface area contributed by atoms with Gasteiger partial charge in [-0.3, -0.25) is 0 Å². The van der Waals surface area contributed by atoms with Crippen molar-refractivity contribution in [1.29, 1.82) is 5.26 Å². The highest BCUT2D eigenvalue weighted by Crippen LogP contribution is 2.27. The zero-order valence-corrected chi connectivity index (χ0v) is 11.6. The van der Waals surface area contributed by atoms with Crippen LogP contribution in [0, 0.1) is 17.1 Å². The van der Waals surface area contributed by atoms with E-state index in [1.807, 2.05) is 0 Å². The van der Waals surface area contributed by atoms with Gasteiger partial charge in [0.15, 0.2) is 0 Å². The predicted octanol–water partition coefficient (Wildman–Crippen LogP) is 2.41. The van der Waals surface area contributed by atoms with Gasteiger partial charge in [0.25, 0.3) is 0 Å². The summed E-state index contributed by atoms with van der Waals surface area (Å²) in [6.45, 7) is 2.91. The molecule has 0 bridgehead atoms. The van der Waals surface area contributed by atoms with E-state index in [0.717, 1.165) is 19.0 Å². The fourth-order valence-electron chi connectivity index (χ4n) is 3.44. The molecule has 0 aliphatic carbocycles. The number of piperidine rings is 1. The maximum atomic E-state index is 13.7. The molecule has 2 aliphatic heterocycles. The molecule has 2 aliphatic rings. The molecule has 0 amide bonds. The third-order valence-electron chi connectivity index (χ3n) is 4.58. The van der Waals surface area contributed by atoms with Crippen LogP contribution in [0.15, 0.2) is 18.2 Å². The van der Waals surface area contributed by atoms with Crippen LogP contribution in [0.1, 0.15) is 36.8 Å². The Kier molecular flexibility index (Phi) is 4.00. The van der Waals surface area contributed by atoms with Crippen LogP contribution in [0.5, 0.6) is 0 Å². The minimum absolute atomic E-state index is 0.227. The quantitative estimate of drug-likeness (QED) is 0.919. The molecule has 1 aromatic carbocycles. The summed E-state index contributed by atoms with van der Waals surface area (Å²) in [5.41, 5.74) is 1.12. The fourth-order valence-corrected chi connectivity index (χ4v) is 3.44. The third-order valence-corrected chi connectivity index (χ3v) is 4.58. The Morgan fingerprint density at radius 3 is 3.10 bits per heavy atom. The maximum Gasteiger partial charge on any atom is 0.127 e. The first-order valence-electron chi connectivity index (χ1n) is 7.42. The second-order valence-electron chi connectivity index (χ2n) is 5.85. The predicted molar refractivity (Wildman–Crippen MR) is 75.6 cm³/mol. The summed E-state index contributed by atoms with van der Waals surface area (Å²) in [7, 11) is 0. The molecule has 0 aromatic heterocycles. The average molecular weight is 273 g/mol. The van der Waals surface area contributed by atoms with Crippen LogP contribution < -0.4 is 5.32 Å². The van der Waals surface area contributed by atoms with Crippen LogP contribution in [0.3, 0.4) is 0 Å². The summed E-state index contributed by atoms with van der Waals surface area (Å²) < 4.78 is 13.7. The standard InChI is InChI=1S/C16H20FN3/c17-16-4-3-12(10-18)8-13(16)11-19-14-5-7-20-6-1-2-15(20)9-14/h3-4,8,14-15,19H,1-2,5-7,9,11H2. The zero-order chi connectivity index (χ0) is 13.9. The molecule has 2 heterocycles. The summed E-state index contributed by atoms with van der Waals surface area (Å²) >= 11 is 0. The molecule has 3 nitrogen and oxygen atoms in total. The van der Waals surface area contributed by atoms with Crippen LogP contribution in [0.25, 0.3) is 0 Å². The van der Waals surface area contributed by atoms with E-state index in [1.54, 1.807) is 6.07 Å². The van der Waals surface area contributed by atoms with E-state index in [4.69, 9.17) is 5.26 Å². The van der Waals surface area contributed by atoms with Gasteiger partial charge in [0.1, 0.15) is 5.82 Å². The summed E-state index contributed by atoms with van der Waals surface area (Å²) in [5.74, 6) is -0.227. The summed E-state index contributed by atoms with van der Waals surface area (Å²) in [5, 5.41) is 12.3. The highest BCUT2D eigenvalue weighted by Gasteiger charge is 2.31. The monoisotopic (exact) mass is 273 g/mol. The topological polar surface area (TPSA) is 39.1 Å². The summed E-state index contributed by atoms with van der Waals surface area (Å²) in [6.07, 6.45) is 4.92. The van der Waals surface area contributed by atoms with Crippen molar-refractivity contribution < 1.29 is 4.39 Å². The second kappa shape index (κ2) is 5.90. The molecule has 1 aromatic rings. The van der Waals surface area contributed by atoms with Crippen molar-refractivity contribution in [1.82, 2.24) is 10.2 Å². The van der Waals surface area contributed by atoms with Gasteiger partial charge in [-0.1, -0.05) is 0 Å². The first kappa shape index (κ1) is 13.5. The minimum Gasteiger partial charge on any atom is -0.310 e. The molecule has 4 heteroatoms. The number of hydrogen-bond donors (Lipinski definition) is 1. The molecule has 2 fully saturated rings. The molecule has 0 spiro atoms. The SMILES string of the molecule is N#Cc1ccc(F)c(CNC2CCN3CCCC3C2)c1. The largest absolute Gasteiger partial charge is 0.310 e. The molecule has 2 unspecified atom stereocenters. The van der Waals surface area contributed by atoms with Gasteiger partial charge in [-0.2, -0.15) is 5.26 Å². The Hall–Kier alpha value is -1.44. The van der Waals surface area contributed by atoms with Crippen LogP contribution in [-0.4, -0.2) is 30.1 Å². The van der Waals surface area contributed by atoms with Gasteiger partial charge in [-0.15, -0.1) is 0 Å². The van der Waals surface area contributed by atoms with Crippen molar-refractivity contribution >= 4 is 0 Å². The summed E-state index contributed by atoms with van der Waals surface area (Å²) in [6, 6.07) is 7.81. The highest BCUT2D eigenvalue weighted by atomic mass is 19.1. The van der Waals surface area contributed by atoms with Gasteiger partial charge in [0, 0.05) is 24.2 Å². The number of nitrogens with one attached hydrogen (secondary N) is 1. The van der Waals surface area contributed by atoms with E-state index in [0.29, 0.717) is 23.7 Å². The lowest BCUT2D eigenvalue weighted by atomic mass is 9.97. The van der Waals surface area contributed by atoms with Crippen molar-refractivity contribution in [2.24, 2.45) is 0 Å². The van der Waals surface area contributed by atoms with E-state index in [-0.39, 0.29) is 5.82 Å². The number of hydrogen-bond acceptors (Lipinski definition) is 3. The van der Waals surface area contributed by atoms with Crippen molar-refractivity contribution in [2.75, 3.05) is 13.1 Å². The van der Waals surface area contributed by atoms with Gasteiger partial charge in [0.05, 0.1) is 11.6 Å². The number of fused-ring (bicyclic) bond motifs is 1. The van der Waals surface area contributed by atoms with E-state index < -0.39 is 0 Å². The van der Waals surface area contributed by atoms with Crippen molar-refractivity contribution in [3.8, 4) is 6.07 Å². The Morgan fingerprint density at radius 1 is 1.35 bits per heavy atom. The molecular weight excluding hydrogens is 253 g/mol. The van der Waals surface area contributed by atoms with Crippen molar-refractivity contribution in [3.05, 3.63) is 35.1 Å². The molecule has 0 saturated carbocycles. The Balaban J connectivity index is 1.58. The number of nitriles is 1. The molecule has 2 atom stereocenters. The van der Waals surface area contributed by atoms with E-state index in [1.165, 1.54) is 37.9 Å². The van der Waals surface area contributed by atoms with Gasteiger partial charge >= 0.3 is 0 Å². The van der Waals surface area contributed by atoms with Gasteiger partial charge in [-0.05, 0) is 57.0 Å². The minimum atomic E-state index is -0.227. The van der Waals surface area contributed by atoms with E-state index in [2.05, 4.69) is 16.3 Å². The van der Waals surface area contributed by atoms with Crippen molar-refractivity contribution in [3.63, 3.8) is 0 Å².